The van der Waals surface area contributed by atoms with Crippen molar-refractivity contribution in [2.45, 2.75) is 18.9 Å². The minimum absolute atomic E-state index is 0.0179. The predicted molar refractivity (Wildman–Crippen MR) is 59.9 cm³/mol. The summed E-state index contributed by atoms with van der Waals surface area (Å²) in [6.45, 7) is 1.59. The molecule has 0 aliphatic carbocycles. The Bertz CT molecular complexity index is 391. The van der Waals surface area contributed by atoms with Crippen molar-refractivity contribution in [3.8, 4) is 5.88 Å². The van der Waals surface area contributed by atoms with Crippen LogP contribution in [0.5, 0.6) is 5.88 Å². The van der Waals surface area contributed by atoms with E-state index in [-0.39, 0.29) is 5.82 Å². The zero-order valence-electron chi connectivity index (χ0n) is 9.68. The second-order valence-corrected chi connectivity index (χ2v) is 3.81. The van der Waals surface area contributed by atoms with Crippen LogP contribution in [0.15, 0.2) is 12.3 Å². The molecule has 6 nitrogen and oxygen atoms in total. The molecule has 1 unspecified atom stereocenters. The molecule has 17 heavy (non-hydrogen) atoms. The Morgan fingerprint density at radius 3 is 3.24 bits per heavy atom. The lowest BCUT2D eigenvalue weighted by atomic mass is 10.2. The highest BCUT2D eigenvalue weighted by molar-refractivity contribution is 5.84. The molecule has 6 heteroatoms. The van der Waals surface area contributed by atoms with Crippen LogP contribution >= 0.6 is 0 Å². The van der Waals surface area contributed by atoms with Crippen molar-refractivity contribution in [2.75, 3.05) is 20.3 Å². The van der Waals surface area contributed by atoms with Crippen molar-refractivity contribution in [3.05, 3.63) is 18.1 Å². The Hall–Kier alpha value is -1.69. The summed E-state index contributed by atoms with van der Waals surface area (Å²) in [4.78, 5) is 19.0. The molecular weight excluding hydrogens is 222 g/mol. The van der Waals surface area contributed by atoms with E-state index in [0.717, 1.165) is 13.0 Å². The third kappa shape index (κ3) is 3.13. The van der Waals surface area contributed by atoms with Gasteiger partial charge in [0, 0.05) is 18.3 Å². The first kappa shape index (κ1) is 11.8. The summed E-state index contributed by atoms with van der Waals surface area (Å²) >= 11 is 0. The van der Waals surface area contributed by atoms with Gasteiger partial charge in [-0.1, -0.05) is 0 Å². The van der Waals surface area contributed by atoms with Gasteiger partial charge in [0.05, 0.1) is 7.11 Å². The Morgan fingerprint density at radius 2 is 2.53 bits per heavy atom. The highest BCUT2D eigenvalue weighted by Gasteiger charge is 2.15. The van der Waals surface area contributed by atoms with Crippen molar-refractivity contribution < 1.29 is 14.3 Å². The van der Waals surface area contributed by atoms with Crippen LogP contribution in [-0.4, -0.2) is 42.2 Å². The van der Waals surface area contributed by atoms with E-state index >= 15 is 0 Å². The van der Waals surface area contributed by atoms with Crippen molar-refractivity contribution in [1.29, 1.82) is 0 Å². The molecule has 0 bridgehead atoms. The molecule has 0 radical (unpaired) electrons. The lowest BCUT2D eigenvalue weighted by Gasteiger charge is -2.11. The zero-order chi connectivity index (χ0) is 12.1. The number of hydrogen-bond donors (Lipinski definition) is 1. The standard InChI is InChI=1S/C11H15N3O3/c1-16-11(15)10-13-6-4-9(14-10)17-7-8-3-2-5-12-8/h4,6,8,12H,2-3,5,7H2,1H3. The molecule has 1 atom stereocenters. The maximum Gasteiger partial charge on any atom is 0.376 e. The molecule has 2 heterocycles. The number of carbonyl (C=O) groups excluding carboxylic acids is 1. The summed E-state index contributed by atoms with van der Waals surface area (Å²) < 4.78 is 10.0. The molecule has 1 aromatic heterocycles. The average Bonchev–Trinajstić information content (AvgIpc) is 2.89. The topological polar surface area (TPSA) is 73.3 Å². The van der Waals surface area contributed by atoms with Crippen LogP contribution in [0, 0.1) is 0 Å². The van der Waals surface area contributed by atoms with Crippen molar-refractivity contribution in [2.24, 2.45) is 0 Å². The van der Waals surface area contributed by atoms with Crippen LogP contribution < -0.4 is 10.1 Å². The number of hydrogen-bond acceptors (Lipinski definition) is 6. The van der Waals surface area contributed by atoms with E-state index in [1.54, 1.807) is 6.07 Å². The number of aromatic nitrogens is 2. The van der Waals surface area contributed by atoms with Gasteiger partial charge < -0.3 is 14.8 Å². The number of nitrogens with zero attached hydrogens (tertiary/aromatic N) is 2. The average molecular weight is 237 g/mol. The number of nitrogens with one attached hydrogen (secondary N) is 1. The number of methoxy groups -OCH3 is 1. The van der Waals surface area contributed by atoms with E-state index in [4.69, 9.17) is 4.74 Å². The minimum Gasteiger partial charge on any atom is -0.476 e. The number of carbonyl (C=O) groups is 1. The molecular formula is C11H15N3O3. The fraction of sp³-hybridized carbons (Fsp3) is 0.545. The van der Waals surface area contributed by atoms with Crippen LogP contribution in [0.3, 0.4) is 0 Å². The van der Waals surface area contributed by atoms with Gasteiger partial charge in [-0.05, 0) is 19.4 Å². The second kappa shape index (κ2) is 5.58. The molecule has 0 saturated carbocycles. The third-order valence-electron chi connectivity index (χ3n) is 2.59. The molecule has 1 saturated heterocycles. The van der Waals surface area contributed by atoms with Crippen LogP contribution in [0.1, 0.15) is 23.5 Å². The van der Waals surface area contributed by atoms with Crippen LogP contribution in [0.25, 0.3) is 0 Å². The molecule has 1 aliphatic heterocycles. The van der Waals surface area contributed by atoms with Crippen molar-refractivity contribution in [3.63, 3.8) is 0 Å². The normalized spacial score (nSPS) is 19.0. The molecule has 2 rings (SSSR count). The molecule has 1 fully saturated rings. The van der Waals surface area contributed by atoms with Crippen LogP contribution in [0.4, 0.5) is 0 Å². The van der Waals surface area contributed by atoms with E-state index in [1.165, 1.54) is 19.7 Å². The quantitative estimate of drug-likeness (QED) is 0.764. The first-order valence-electron chi connectivity index (χ1n) is 5.57. The minimum atomic E-state index is -0.561. The molecule has 0 amide bonds. The van der Waals surface area contributed by atoms with Gasteiger partial charge in [-0.2, -0.15) is 4.98 Å². The Kier molecular flexibility index (Phi) is 3.87. The fourth-order valence-corrected chi connectivity index (χ4v) is 1.70. The molecule has 0 aromatic carbocycles. The Balaban J connectivity index is 1.93. The summed E-state index contributed by atoms with van der Waals surface area (Å²) in [5.41, 5.74) is 0. The fourth-order valence-electron chi connectivity index (χ4n) is 1.70. The van der Waals surface area contributed by atoms with E-state index in [9.17, 15) is 4.79 Å². The summed E-state index contributed by atoms with van der Waals surface area (Å²) in [7, 11) is 1.29. The zero-order valence-corrected chi connectivity index (χ0v) is 9.68. The summed E-state index contributed by atoms with van der Waals surface area (Å²) in [5, 5.41) is 3.32. The maximum atomic E-state index is 11.2. The van der Waals surface area contributed by atoms with E-state index < -0.39 is 5.97 Å². The molecule has 0 spiro atoms. The molecule has 1 aromatic rings. The smallest absolute Gasteiger partial charge is 0.376 e. The van der Waals surface area contributed by atoms with Gasteiger partial charge in [0.15, 0.2) is 0 Å². The van der Waals surface area contributed by atoms with E-state index in [1.807, 2.05) is 0 Å². The Morgan fingerprint density at radius 1 is 1.65 bits per heavy atom. The summed E-state index contributed by atoms with van der Waals surface area (Å²) in [6, 6.07) is 1.99. The van der Waals surface area contributed by atoms with Gasteiger partial charge in [0.2, 0.25) is 11.7 Å². The van der Waals surface area contributed by atoms with Crippen molar-refractivity contribution >= 4 is 5.97 Å². The van der Waals surface area contributed by atoms with Gasteiger partial charge in [0.25, 0.3) is 0 Å². The first-order valence-corrected chi connectivity index (χ1v) is 5.57. The van der Waals surface area contributed by atoms with Gasteiger partial charge in [-0.15, -0.1) is 0 Å². The van der Waals surface area contributed by atoms with Crippen LogP contribution in [0.2, 0.25) is 0 Å². The number of ether oxygens (including phenoxy) is 2. The molecule has 1 N–H and O–H groups in total. The number of esters is 1. The van der Waals surface area contributed by atoms with Crippen molar-refractivity contribution in [1.82, 2.24) is 15.3 Å². The van der Waals surface area contributed by atoms with Gasteiger partial charge in [-0.3, -0.25) is 0 Å². The maximum absolute atomic E-state index is 11.2. The monoisotopic (exact) mass is 237 g/mol. The van der Waals surface area contributed by atoms with E-state index in [0.29, 0.717) is 18.5 Å². The lowest BCUT2D eigenvalue weighted by molar-refractivity contribution is 0.0585. The SMILES string of the molecule is COC(=O)c1nccc(OCC2CCCN2)n1. The van der Waals surface area contributed by atoms with Crippen LogP contribution in [-0.2, 0) is 4.74 Å². The largest absolute Gasteiger partial charge is 0.476 e. The molecule has 92 valence electrons. The first-order chi connectivity index (χ1) is 8.29. The predicted octanol–water partition coefficient (Wildman–Crippen LogP) is 0.394. The Labute approximate surface area is 99.4 Å². The van der Waals surface area contributed by atoms with E-state index in [2.05, 4.69) is 20.0 Å². The molecule has 1 aliphatic rings. The summed E-state index contributed by atoms with van der Waals surface area (Å²) in [5.74, 6) is -0.145. The second-order valence-electron chi connectivity index (χ2n) is 3.81. The van der Waals surface area contributed by atoms with Gasteiger partial charge in [-0.25, -0.2) is 9.78 Å². The third-order valence-corrected chi connectivity index (χ3v) is 2.59. The van der Waals surface area contributed by atoms with Gasteiger partial charge >= 0.3 is 5.97 Å². The summed E-state index contributed by atoms with van der Waals surface area (Å²) in [6.07, 6.45) is 3.76. The number of rotatable bonds is 4. The highest BCUT2D eigenvalue weighted by atomic mass is 16.5. The van der Waals surface area contributed by atoms with Gasteiger partial charge in [0.1, 0.15) is 6.61 Å². The highest BCUT2D eigenvalue weighted by Crippen LogP contribution is 2.09. The lowest BCUT2D eigenvalue weighted by Crippen LogP contribution is -2.28.